The average Bonchev–Trinajstić information content (AvgIpc) is 2.73. The quantitative estimate of drug-likeness (QED) is 0.464. The third-order valence-electron chi connectivity index (χ3n) is 4.27. The molecule has 6 heteroatoms. The van der Waals surface area contributed by atoms with Crippen LogP contribution in [0.15, 0.2) is 84.2 Å². The van der Waals surface area contributed by atoms with E-state index in [9.17, 15) is 0 Å². The summed E-state index contributed by atoms with van der Waals surface area (Å²) >= 11 is 0. The molecule has 1 aromatic carbocycles. The Balaban J connectivity index is 2.07. The second kappa shape index (κ2) is 8.96. The predicted molar refractivity (Wildman–Crippen MR) is 122 cm³/mol. The van der Waals surface area contributed by atoms with Crippen LogP contribution in [0.5, 0.6) is 0 Å². The number of benzene rings is 1. The van der Waals surface area contributed by atoms with Crippen LogP contribution in [0.1, 0.15) is 25.2 Å². The van der Waals surface area contributed by atoms with Crippen molar-refractivity contribution in [3.05, 3.63) is 95.6 Å². The third-order valence-corrected chi connectivity index (χ3v) is 4.27. The van der Waals surface area contributed by atoms with Crippen molar-refractivity contribution in [2.24, 2.45) is 11.5 Å². The highest BCUT2D eigenvalue weighted by molar-refractivity contribution is 6.06. The maximum Gasteiger partial charge on any atom is 0.0887 e. The zero-order valence-electron chi connectivity index (χ0n) is 17.0. The van der Waals surface area contributed by atoms with Crippen molar-refractivity contribution < 1.29 is 0 Å². The molecule has 30 heavy (non-hydrogen) atoms. The summed E-state index contributed by atoms with van der Waals surface area (Å²) in [5.74, 6) is 0. The first-order chi connectivity index (χ1) is 14.3. The number of allylic oxidation sites excluding steroid dienone is 4. The summed E-state index contributed by atoms with van der Waals surface area (Å²) in [6.07, 6.45) is 3.17. The fourth-order valence-corrected chi connectivity index (χ4v) is 3.00. The topological polar surface area (TPSA) is 126 Å². The third kappa shape index (κ3) is 4.86. The molecule has 6 nitrogen and oxygen atoms in total. The summed E-state index contributed by atoms with van der Waals surface area (Å²) in [5.41, 5.74) is 17.4. The maximum absolute atomic E-state index is 8.20. The van der Waals surface area contributed by atoms with E-state index in [-0.39, 0.29) is 11.4 Å². The largest absolute Gasteiger partial charge is 0.402 e. The van der Waals surface area contributed by atoms with Crippen molar-refractivity contribution in [2.45, 2.75) is 13.8 Å². The molecule has 0 unspecified atom stereocenters. The van der Waals surface area contributed by atoms with Gasteiger partial charge in [-0.2, -0.15) is 0 Å². The van der Waals surface area contributed by atoms with Crippen molar-refractivity contribution in [3.8, 4) is 22.5 Å². The Bertz CT molecular complexity index is 1070. The number of hydrogen-bond donors (Lipinski definition) is 4. The fraction of sp³-hybridized carbons (Fsp3) is 0.0833. The van der Waals surface area contributed by atoms with Crippen molar-refractivity contribution in [1.82, 2.24) is 9.97 Å². The Morgan fingerprint density at radius 1 is 0.667 bits per heavy atom. The number of rotatable bonds is 6. The second-order valence-electron chi connectivity index (χ2n) is 6.97. The zero-order valence-corrected chi connectivity index (χ0v) is 17.0. The van der Waals surface area contributed by atoms with Gasteiger partial charge in [-0.15, -0.1) is 0 Å². The van der Waals surface area contributed by atoms with E-state index >= 15 is 0 Å². The minimum Gasteiger partial charge on any atom is -0.402 e. The molecule has 0 bridgehead atoms. The summed E-state index contributed by atoms with van der Waals surface area (Å²) in [6.45, 7) is 3.48. The molecule has 3 rings (SSSR count). The fourth-order valence-electron chi connectivity index (χ4n) is 3.00. The molecular formula is C24H24N6. The molecule has 3 aromatic rings. The van der Waals surface area contributed by atoms with Gasteiger partial charge in [-0.3, -0.25) is 10.8 Å². The Kier molecular flexibility index (Phi) is 6.17. The number of pyridine rings is 2. The predicted octanol–water partition coefficient (Wildman–Crippen LogP) is 4.27. The van der Waals surface area contributed by atoms with Crippen LogP contribution in [0.2, 0.25) is 0 Å². The monoisotopic (exact) mass is 396 g/mol. The minimum atomic E-state index is 0.256. The lowest BCUT2D eigenvalue weighted by molar-refractivity contribution is 1.25. The van der Waals surface area contributed by atoms with Crippen molar-refractivity contribution in [1.29, 1.82) is 10.8 Å². The highest BCUT2D eigenvalue weighted by Crippen LogP contribution is 2.30. The standard InChI is InChI=1S/C24H24N6/c1-15(25)13-19(27)23-11-5-9-21(29-23)17-7-3-4-8-18(17)22-10-6-12-24(30-22)20(28)14-16(2)26/h3-14,27-28H,25-26H2,1-2H3. The van der Waals surface area contributed by atoms with Crippen molar-refractivity contribution >= 4 is 11.4 Å². The van der Waals surface area contributed by atoms with Gasteiger partial charge >= 0.3 is 0 Å². The van der Waals surface area contributed by atoms with E-state index in [0.717, 1.165) is 22.5 Å². The summed E-state index contributed by atoms with van der Waals surface area (Å²) in [5, 5.41) is 16.4. The Labute approximate surface area is 176 Å². The van der Waals surface area contributed by atoms with E-state index in [1.807, 2.05) is 48.5 Å². The van der Waals surface area contributed by atoms with Crippen LogP contribution >= 0.6 is 0 Å². The minimum absolute atomic E-state index is 0.256. The summed E-state index contributed by atoms with van der Waals surface area (Å²) in [6, 6.07) is 18.9. The average molecular weight is 396 g/mol. The first kappa shape index (κ1) is 20.7. The van der Waals surface area contributed by atoms with Gasteiger partial charge < -0.3 is 11.5 Å². The number of hydrogen-bond acceptors (Lipinski definition) is 6. The van der Waals surface area contributed by atoms with Crippen LogP contribution < -0.4 is 11.5 Å². The normalized spacial score (nSPS) is 11.9. The number of nitrogens with zero attached hydrogens (tertiary/aromatic N) is 2. The first-order valence-electron chi connectivity index (χ1n) is 9.44. The Hall–Kier alpha value is -4.06. The molecule has 0 aliphatic heterocycles. The smallest absolute Gasteiger partial charge is 0.0887 e. The molecule has 0 aliphatic rings. The maximum atomic E-state index is 8.20. The molecule has 0 amide bonds. The van der Waals surface area contributed by atoms with Gasteiger partial charge in [-0.05, 0) is 50.3 Å². The highest BCUT2D eigenvalue weighted by Gasteiger charge is 2.12. The number of nitrogens with one attached hydrogen (secondary N) is 2. The first-order valence-corrected chi connectivity index (χ1v) is 9.44. The van der Waals surface area contributed by atoms with Gasteiger partial charge in [0.05, 0.1) is 34.2 Å². The lowest BCUT2D eigenvalue weighted by Gasteiger charge is -2.11. The molecule has 0 saturated carbocycles. The number of aromatic nitrogens is 2. The molecule has 150 valence electrons. The lowest BCUT2D eigenvalue weighted by Crippen LogP contribution is -2.04. The molecule has 0 fully saturated rings. The van der Waals surface area contributed by atoms with Gasteiger partial charge in [0.2, 0.25) is 0 Å². The Morgan fingerprint density at radius 2 is 1.07 bits per heavy atom. The SMILES string of the molecule is CC(N)=CC(=N)c1cccc(-c2ccccc2-c2cccc(C(=N)C=C(C)N)n2)n1. The summed E-state index contributed by atoms with van der Waals surface area (Å²) < 4.78 is 0. The van der Waals surface area contributed by atoms with Crippen LogP contribution in [-0.4, -0.2) is 21.4 Å². The second-order valence-corrected chi connectivity index (χ2v) is 6.97. The van der Waals surface area contributed by atoms with E-state index in [0.29, 0.717) is 22.8 Å². The highest BCUT2D eigenvalue weighted by atomic mass is 14.8. The van der Waals surface area contributed by atoms with Gasteiger partial charge in [-0.1, -0.05) is 36.4 Å². The van der Waals surface area contributed by atoms with Gasteiger partial charge in [0, 0.05) is 22.5 Å². The lowest BCUT2D eigenvalue weighted by atomic mass is 10.00. The van der Waals surface area contributed by atoms with E-state index in [1.54, 1.807) is 38.1 Å². The van der Waals surface area contributed by atoms with Crippen LogP contribution in [0.3, 0.4) is 0 Å². The molecule has 0 radical (unpaired) electrons. The van der Waals surface area contributed by atoms with Crippen LogP contribution in [-0.2, 0) is 0 Å². The molecule has 0 saturated heterocycles. The Morgan fingerprint density at radius 3 is 1.43 bits per heavy atom. The van der Waals surface area contributed by atoms with Gasteiger partial charge in [0.25, 0.3) is 0 Å². The molecule has 0 spiro atoms. The van der Waals surface area contributed by atoms with Crippen LogP contribution in [0, 0.1) is 10.8 Å². The molecule has 2 aromatic heterocycles. The van der Waals surface area contributed by atoms with Crippen LogP contribution in [0.25, 0.3) is 22.5 Å². The zero-order chi connectivity index (χ0) is 21.7. The molecule has 2 heterocycles. The van der Waals surface area contributed by atoms with E-state index < -0.39 is 0 Å². The molecular weight excluding hydrogens is 372 g/mol. The van der Waals surface area contributed by atoms with Gasteiger partial charge in [0.15, 0.2) is 0 Å². The molecule has 6 N–H and O–H groups in total. The number of nitrogens with two attached hydrogens (primary N) is 2. The van der Waals surface area contributed by atoms with Crippen LogP contribution in [0.4, 0.5) is 0 Å². The molecule has 0 atom stereocenters. The molecule has 0 aliphatic carbocycles. The van der Waals surface area contributed by atoms with Crippen molar-refractivity contribution in [3.63, 3.8) is 0 Å². The van der Waals surface area contributed by atoms with Gasteiger partial charge in [0.1, 0.15) is 0 Å². The van der Waals surface area contributed by atoms with Crippen molar-refractivity contribution in [2.75, 3.05) is 0 Å². The van der Waals surface area contributed by atoms with Gasteiger partial charge in [-0.25, -0.2) is 9.97 Å². The summed E-state index contributed by atoms with van der Waals surface area (Å²) in [4.78, 5) is 9.32. The summed E-state index contributed by atoms with van der Waals surface area (Å²) in [7, 11) is 0. The van der Waals surface area contributed by atoms with E-state index in [4.69, 9.17) is 22.3 Å². The van der Waals surface area contributed by atoms with E-state index in [1.165, 1.54) is 0 Å². The van der Waals surface area contributed by atoms with E-state index in [2.05, 4.69) is 9.97 Å².